The summed E-state index contributed by atoms with van der Waals surface area (Å²) in [5, 5.41) is 0. The van der Waals surface area contributed by atoms with Crippen LogP contribution in [0.25, 0.3) is 0 Å². The quantitative estimate of drug-likeness (QED) is 0.772. The van der Waals surface area contributed by atoms with Crippen LogP contribution >= 0.6 is 0 Å². The molecule has 1 fully saturated rings. The number of carbonyl (C=O) groups excluding carboxylic acids is 1. The molecule has 2 rings (SSSR count). The summed E-state index contributed by atoms with van der Waals surface area (Å²) in [6.07, 6.45) is 8.81. The molecule has 1 aliphatic rings. The number of terminal acetylenes is 1. The second-order valence-corrected chi connectivity index (χ2v) is 5.84. The van der Waals surface area contributed by atoms with Crippen molar-refractivity contribution in [2.45, 2.75) is 39.5 Å². The third-order valence-corrected chi connectivity index (χ3v) is 4.22. The first-order chi connectivity index (χ1) is 9.60. The molecule has 1 saturated heterocycles. The van der Waals surface area contributed by atoms with Crippen molar-refractivity contribution < 1.29 is 4.79 Å². The second kappa shape index (κ2) is 6.61. The number of likely N-dealkylation sites (tertiary alicyclic amines) is 1. The molecule has 0 spiro atoms. The average molecular weight is 269 g/mol. The van der Waals surface area contributed by atoms with Crippen molar-refractivity contribution >= 4 is 5.91 Å². The van der Waals surface area contributed by atoms with Crippen LogP contribution in [0.15, 0.2) is 18.2 Å². The zero-order valence-electron chi connectivity index (χ0n) is 12.5. The molecular formula is C18H23NO. The van der Waals surface area contributed by atoms with E-state index in [-0.39, 0.29) is 5.91 Å². The molecule has 20 heavy (non-hydrogen) atoms. The predicted octanol–water partition coefficient (Wildman–Crippen LogP) is 3.11. The van der Waals surface area contributed by atoms with Crippen LogP contribution in [0.4, 0.5) is 0 Å². The van der Waals surface area contributed by atoms with Gasteiger partial charge >= 0.3 is 0 Å². The molecule has 0 saturated carbocycles. The molecule has 0 N–H and O–H groups in total. The van der Waals surface area contributed by atoms with E-state index < -0.39 is 0 Å². The van der Waals surface area contributed by atoms with Crippen molar-refractivity contribution in [3.8, 4) is 12.3 Å². The first kappa shape index (κ1) is 14.7. The Morgan fingerprint density at radius 1 is 1.35 bits per heavy atom. The Kier molecular flexibility index (Phi) is 4.84. The molecule has 2 nitrogen and oxygen atoms in total. The molecule has 1 aliphatic heterocycles. The zero-order valence-corrected chi connectivity index (χ0v) is 12.5. The maximum atomic E-state index is 12.4. The lowest BCUT2D eigenvalue weighted by molar-refractivity contribution is -0.131. The van der Waals surface area contributed by atoms with E-state index in [4.69, 9.17) is 6.42 Å². The molecule has 0 atom stereocenters. The van der Waals surface area contributed by atoms with Gasteiger partial charge in [0.15, 0.2) is 0 Å². The number of hydrogen-bond acceptors (Lipinski definition) is 1. The van der Waals surface area contributed by atoms with Crippen LogP contribution in [-0.2, 0) is 11.2 Å². The van der Waals surface area contributed by atoms with Gasteiger partial charge in [-0.05, 0) is 43.7 Å². The third kappa shape index (κ3) is 3.63. The van der Waals surface area contributed by atoms with Crippen molar-refractivity contribution in [2.24, 2.45) is 5.92 Å². The van der Waals surface area contributed by atoms with Gasteiger partial charge in [0.2, 0.25) is 5.91 Å². The molecule has 1 aromatic rings. The Labute approximate surface area is 122 Å². The van der Waals surface area contributed by atoms with Gasteiger partial charge in [-0.2, -0.15) is 0 Å². The minimum absolute atomic E-state index is 0.248. The summed E-state index contributed by atoms with van der Waals surface area (Å²) in [7, 11) is 0. The monoisotopic (exact) mass is 269 g/mol. The summed E-state index contributed by atoms with van der Waals surface area (Å²) >= 11 is 0. The van der Waals surface area contributed by atoms with Gasteiger partial charge in [0.1, 0.15) is 0 Å². The van der Waals surface area contributed by atoms with E-state index in [0.29, 0.717) is 12.3 Å². The summed E-state index contributed by atoms with van der Waals surface area (Å²) in [5.41, 5.74) is 3.57. The largest absolute Gasteiger partial charge is 0.342 e. The zero-order chi connectivity index (χ0) is 14.5. The first-order valence-corrected chi connectivity index (χ1v) is 7.37. The topological polar surface area (TPSA) is 20.3 Å². The number of rotatable bonds is 3. The standard InChI is InChI=1S/C18H23NO/c1-4-5-16-8-10-19(11-9-16)18(20)13-17-12-14(2)6-7-15(17)3/h1,6-7,12,16H,5,8-11,13H2,2-3H3. The van der Waals surface area contributed by atoms with Crippen LogP contribution in [-0.4, -0.2) is 23.9 Å². The average Bonchev–Trinajstić information content (AvgIpc) is 2.44. The SMILES string of the molecule is C#CCC1CCN(C(=O)Cc2cc(C)ccc2C)CC1. The Hall–Kier alpha value is -1.75. The summed E-state index contributed by atoms with van der Waals surface area (Å²) in [6.45, 7) is 5.85. The lowest BCUT2D eigenvalue weighted by Crippen LogP contribution is -2.39. The number of carbonyl (C=O) groups is 1. The predicted molar refractivity (Wildman–Crippen MR) is 82.4 cm³/mol. The van der Waals surface area contributed by atoms with E-state index in [1.807, 2.05) is 4.90 Å². The van der Waals surface area contributed by atoms with Crippen LogP contribution < -0.4 is 0 Å². The lowest BCUT2D eigenvalue weighted by atomic mass is 9.93. The second-order valence-electron chi connectivity index (χ2n) is 5.84. The van der Waals surface area contributed by atoms with Gasteiger partial charge in [-0.3, -0.25) is 4.79 Å². The van der Waals surface area contributed by atoms with Crippen molar-refractivity contribution in [3.63, 3.8) is 0 Å². The van der Waals surface area contributed by atoms with E-state index in [1.165, 1.54) is 11.1 Å². The number of hydrogen-bond donors (Lipinski definition) is 0. The number of benzene rings is 1. The lowest BCUT2D eigenvalue weighted by Gasteiger charge is -2.31. The van der Waals surface area contributed by atoms with Gasteiger partial charge in [0.25, 0.3) is 0 Å². The highest BCUT2D eigenvalue weighted by molar-refractivity contribution is 5.79. The van der Waals surface area contributed by atoms with Gasteiger partial charge in [0.05, 0.1) is 6.42 Å². The van der Waals surface area contributed by atoms with E-state index in [0.717, 1.165) is 37.9 Å². The highest BCUT2D eigenvalue weighted by atomic mass is 16.2. The molecule has 1 aromatic carbocycles. The van der Waals surface area contributed by atoms with E-state index in [2.05, 4.69) is 38.0 Å². The third-order valence-electron chi connectivity index (χ3n) is 4.22. The highest BCUT2D eigenvalue weighted by Crippen LogP contribution is 2.21. The Morgan fingerprint density at radius 3 is 2.70 bits per heavy atom. The molecule has 0 unspecified atom stereocenters. The molecule has 106 valence electrons. The Balaban J connectivity index is 1.93. The van der Waals surface area contributed by atoms with E-state index in [1.54, 1.807) is 0 Å². The summed E-state index contributed by atoms with van der Waals surface area (Å²) in [4.78, 5) is 14.4. The Bertz CT molecular complexity index is 519. The van der Waals surface area contributed by atoms with Crippen molar-refractivity contribution in [1.82, 2.24) is 4.90 Å². The molecule has 0 radical (unpaired) electrons. The Morgan fingerprint density at radius 2 is 2.05 bits per heavy atom. The smallest absolute Gasteiger partial charge is 0.226 e. The fourth-order valence-electron chi connectivity index (χ4n) is 2.82. The van der Waals surface area contributed by atoms with Gasteiger partial charge in [0, 0.05) is 19.5 Å². The summed E-state index contributed by atoms with van der Waals surface area (Å²) in [6, 6.07) is 6.31. The van der Waals surface area contributed by atoms with Crippen LogP contribution in [0.2, 0.25) is 0 Å². The van der Waals surface area contributed by atoms with Crippen molar-refractivity contribution in [2.75, 3.05) is 13.1 Å². The first-order valence-electron chi connectivity index (χ1n) is 7.37. The number of amides is 1. The van der Waals surface area contributed by atoms with E-state index in [9.17, 15) is 4.79 Å². The van der Waals surface area contributed by atoms with Crippen molar-refractivity contribution in [3.05, 3.63) is 34.9 Å². The summed E-state index contributed by atoms with van der Waals surface area (Å²) in [5.74, 6) is 3.58. The van der Waals surface area contributed by atoms with Crippen LogP contribution in [0.5, 0.6) is 0 Å². The molecule has 1 heterocycles. The van der Waals surface area contributed by atoms with Gasteiger partial charge in [-0.1, -0.05) is 23.8 Å². The fourth-order valence-corrected chi connectivity index (χ4v) is 2.82. The highest BCUT2D eigenvalue weighted by Gasteiger charge is 2.22. The minimum atomic E-state index is 0.248. The molecule has 0 bridgehead atoms. The maximum absolute atomic E-state index is 12.4. The van der Waals surface area contributed by atoms with Crippen LogP contribution in [0, 0.1) is 32.1 Å². The number of aryl methyl sites for hydroxylation is 2. The molecule has 0 aromatic heterocycles. The fraction of sp³-hybridized carbons (Fsp3) is 0.500. The van der Waals surface area contributed by atoms with Crippen LogP contribution in [0.3, 0.4) is 0 Å². The molecule has 2 heteroatoms. The molecule has 0 aliphatic carbocycles. The normalized spacial score (nSPS) is 15.9. The molecule has 1 amide bonds. The molecular weight excluding hydrogens is 246 g/mol. The van der Waals surface area contributed by atoms with Gasteiger partial charge < -0.3 is 4.90 Å². The van der Waals surface area contributed by atoms with E-state index >= 15 is 0 Å². The summed E-state index contributed by atoms with van der Waals surface area (Å²) < 4.78 is 0. The minimum Gasteiger partial charge on any atom is -0.342 e. The van der Waals surface area contributed by atoms with Gasteiger partial charge in [-0.15, -0.1) is 12.3 Å². The number of nitrogens with zero attached hydrogens (tertiary/aromatic N) is 1. The van der Waals surface area contributed by atoms with Gasteiger partial charge in [-0.25, -0.2) is 0 Å². The maximum Gasteiger partial charge on any atom is 0.226 e. The van der Waals surface area contributed by atoms with Crippen molar-refractivity contribution in [1.29, 1.82) is 0 Å². The van der Waals surface area contributed by atoms with Crippen LogP contribution in [0.1, 0.15) is 36.0 Å². The number of piperidine rings is 1.